The Labute approximate surface area is 125 Å². The maximum atomic E-state index is 11.0. The van der Waals surface area contributed by atoms with E-state index in [1.807, 2.05) is 12.1 Å². The van der Waals surface area contributed by atoms with Gasteiger partial charge in [-0.25, -0.2) is 4.79 Å². The third kappa shape index (κ3) is 2.63. The Morgan fingerprint density at radius 1 is 1.38 bits per heavy atom. The van der Waals surface area contributed by atoms with Gasteiger partial charge >= 0.3 is 6.09 Å². The van der Waals surface area contributed by atoms with Crippen LogP contribution in [0.2, 0.25) is 0 Å². The molecule has 1 amide bonds. The molecule has 1 aromatic rings. The van der Waals surface area contributed by atoms with Gasteiger partial charge in [0.15, 0.2) is 0 Å². The van der Waals surface area contributed by atoms with E-state index in [4.69, 9.17) is 20.9 Å². The standard InChI is InChI=1S/C16H24N2O3/c1-4-16(5-2)12-9-11(21-15(18)19)7-6-10(12)8-13(20-3)14(16)17/h6-7,9,13-14H,4-5,8,17H2,1-3H3,(H2,18,19)/t13-,14+/m0/s1. The molecule has 0 saturated heterocycles. The van der Waals surface area contributed by atoms with Gasteiger partial charge in [0.25, 0.3) is 0 Å². The lowest BCUT2D eigenvalue weighted by molar-refractivity contribution is 0.0400. The molecule has 4 N–H and O–H groups in total. The Kier molecular flexibility index (Phi) is 4.54. The number of hydrogen-bond acceptors (Lipinski definition) is 4. The lowest BCUT2D eigenvalue weighted by Crippen LogP contribution is -2.56. The third-order valence-corrected chi connectivity index (χ3v) is 4.86. The van der Waals surface area contributed by atoms with Gasteiger partial charge in [-0.1, -0.05) is 19.9 Å². The Balaban J connectivity index is 2.53. The van der Waals surface area contributed by atoms with Gasteiger partial charge in [0, 0.05) is 25.0 Å². The topological polar surface area (TPSA) is 87.6 Å². The van der Waals surface area contributed by atoms with Crippen LogP contribution in [0.3, 0.4) is 0 Å². The summed E-state index contributed by atoms with van der Waals surface area (Å²) in [7, 11) is 1.70. The number of hydrogen-bond donors (Lipinski definition) is 2. The number of amides is 1. The van der Waals surface area contributed by atoms with Crippen molar-refractivity contribution >= 4 is 6.09 Å². The molecular weight excluding hydrogens is 268 g/mol. The van der Waals surface area contributed by atoms with Crippen LogP contribution >= 0.6 is 0 Å². The Hall–Kier alpha value is -1.59. The van der Waals surface area contributed by atoms with Crippen LogP contribution < -0.4 is 16.2 Å². The molecule has 0 radical (unpaired) electrons. The maximum Gasteiger partial charge on any atom is 0.409 e. The molecule has 2 atom stereocenters. The molecule has 0 fully saturated rings. The highest BCUT2D eigenvalue weighted by Crippen LogP contribution is 2.43. The van der Waals surface area contributed by atoms with Crippen molar-refractivity contribution in [3.63, 3.8) is 0 Å². The first-order chi connectivity index (χ1) is 9.98. The minimum absolute atomic E-state index is 0.000286. The number of carbonyl (C=O) groups is 1. The minimum Gasteiger partial charge on any atom is -0.410 e. The molecule has 0 heterocycles. The van der Waals surface area contributed by atoms with Gasteiger partial charge in [0.05, 0.1) is 6.10 Å². The molecule has 0 aromatic heterocycles. The molecule has 0 unspecified atom stereocenters. The van der Waals surface area contributed by atoms with Crippen molar-refractivity contribution in [2.75, 3.05) is 7.11 Å². The van der Waals surface area contributed by atoms with Crippen LogP contribution in [0.25, 0.3) is 0 Å². The molecule has 1 aliphatic carbocycles. The highest BCUT2D eigenvalue weighted by Gasteiger charge is 2.45. The van der Waals surface area contributed by atoms with Gasteiger partial charge in [0.1, 0.15) is 5.75 Å². The zero-order valence-corrected chi connectivity index (χ0v) is 12.9. The Morgan fingerprint density at radius 3 is 2.57 bits per heavy atom. The zero-order valence-electron chi connectivity index (χ0n) is 12.9. The summed E-state index contributed by atoms with van der Waals surface area (Å²) in [6, 6.07) is 5.56. The average molecular weight is 292 g/mol. The van der Waals surface area contributed by atoms with Crippen LogP contribution in [0, 0.1) is 0 Å². The van der Waals surface area contributed by atoms with Crippen LogP contribution in [0.4, 0.5) is 4.79 Å². The van der Waals surface area contributed by atoms with E-state index in [-0.39, 0.29) is 17.6 Å². The summed E-state index contributed by atoms with van der Waals surface area (Å²) in [4.78, 5) is 11.0. The van der Waals surface area contributed by atoms with Crippen LogP contribution in [0.15, 0.2) is 18.2 Å². The number of fused-ring (bicyclic) bond motifs is 1. The average Bonchev–Trinajstić information content (AvgIpc) is 2.47. The predicted molar refractivity (Wildman–Crippen MR) is 81.4 cm³/mol. The van der Waals surface area contributed by atoms with Crippen molar-refractivity contribution in [2.24, 2.45) is 11.5 Å². The molecule has 0 saturated carbocycles. The van der Waals surface area contributed by atoms with Gasteiger partial charge < -0.3 is 20.9 Å². The second-order valence-electron chi connectivity index (χ2n) is 5.61. The van der Waals surface area contributed by atoms with Crippen molar-refractivity contribution < 1.29 is 14.3 Å². The van der Waals surface area contributed by atoms with Gasteiger partial charge in [-0.15, -0.1) is 0 Å². The third-order valence-electron chi connectivity index (χ3n) is 4.86. The van der Waals surface area contributed by atoms with Gasteiger partial charge in [0.2, 0.25) is 0 Å². The smallest absolute Gasteiger partial charge is 0.409 e. The molecule has 5 nitrogen and oxygen atoms in total. The molecule has 0 spiro atoms. The number of ether oxygens (including phenoxy) is 2. The van der Waals surface area contributed by atoms with E-state index in [0.717, 1.165) is 24.8 Å². The molecule has 2 rings (SSSR count). The highest BCUT2D eigenvalue weighted by atomic mass is 16.5. The maximum absolute atomic E-state index is 11.0. The number of methoxy groups -OCH3 is 1. The molecule has 5 heteroatoms. The van der Waals surface area contributed by atoms with Gasteiger partial charge in [-0.2, -0.15) is 0 Å². The van der Waals surface area contributed by atoms with E-state index < -0.39 is 6.09 Å². The van der Waals surface area contributed by atoms with E-state index in [2.05, 4.69) is 13.8 Å². The summed E-state index contributed by atoms with van der Waals surface area (Å²) in [5.41, 5.74) is 13.8. The van der Waals surface area contributed by atoms with Gasteiger partial charge in [-0.3, -0.25) is 0 Å². The number of carbonyl (C=O) groups excluding carboxylic acids is 1. The second kappa shape index (κ2) is 6.03. The summed E-state index contributed by atoms with van der Waals surface area (Å²) in [5, 5.41) is 0. The van der Waals surface area contributed by atoms with E-state index in [1.165, 1.54) is 5.56 Å². The summed E-state index contributed by atoms with van der Waals surface area (Å²) in [5.74, 6) is 0.468. The normalized spacial score (nSPS) is 23.4. The summed E-state index contributed by atoms with van der Waals surface area (Å²) in [6.07, 6.45) is 1.77. The van der Waals surface area contributed by atoms with Crippen LogP contribution in [0.5, 0.6) is 5.75 Å². The summed E-state index contributed by atoms with van der Waals surface area (Å²) < 4.78 is 10.6. The van der Waals surface area contributed by atoms with E-state index in [1.54, 1.807) is 13.2 Å². The molecule has 1 aromatic carbocycles. The SMILES string of the molecule is CCC1(CC)c2cc(OC(N)=O)ccc2C[C@H](OC)[C@H]1N. The summed E-state index contributed by atoms with van der Waals surface area (Å²) >= 11 is 0. The molecule has 0 aliphatic heterocycles. The second-order valence-corrected chi connectivity index (χ2v) is 5.61. The quantitative estimate of drug-likeness (QED) is 0.889. The fourth-order valence-corrected chi connectivity index (χ4v) is 3.59. The lowest BCUT2D eigenvalue weighted by Gasteiger charge is -2.46. The molecule has 0 bridgehead atoms. The molecular formula is C16H24N2O3. The predicted octanol–water partition coefficient (Wildman–Crippen LogP) is 2.10. The fraction of sp³-hybridized carbons (Fsp3) is 0.562. The Bertz CT molecular complexity index is 526. The highest BCUT2D eigenvalue weighted by molar-refractivity contribution is 5.68. The first-order valence-electron chi connectivity index (χ1n) is 7.37. The van der Waals surface area contributed by atoms with Crippen LogP contribution in [-0.2, 0) is 16.6 Å². The number of nitrogens with two attached hydrogens (primary N) is 2. The number of benzene rings is 1. The number of primary amides is 1. The first kappa shape index (κ1) is 15.8. The van der Waals surface area contributed by atoms with Crippen molar-refractivity contribution in [1.29, 1.82) is 0 Å². The van der Waals surface area contributed by atoms with Crippen molar-refractivity contribution in [1.82, 2.24) is 0 Å². The zero-order chi connectivity index (χ0) is 15.6. The van der Waals surface area contributed by atoms with E-state index in [9.17, 15) is 4.79 Å². The summed E-state index contributed by atoms with van der Waals surface area (Å²) in [6.45, 7) is 4.26. The minimum atomic E-state index is -0.802. The van der Waals surface area contributed by atoms with E-state index >= 15 is 0 Å². The van der Waals surface area contributed by atoms with Gasteiger partial charge in [-0.05, 0) is 36.1 Å². The molecule has 21 heavy (non-hydrogen) atoms. The van der Waals surface area contributed by atoms with Crippen LogP contribution in [0.1, 0.15) is 37.8 Å². The van der Waals surface area contributed by atoms with Crippen molar-refractivity contribution in [3.8, 4) is 5.75 Å². The number of rotatable bonds is 4. The monoisotopic (exact) mass is 292 g/mol. The van der Waals surface area contributed by atoms with E-state index in [0.29, 0.717) is 5.75 Å². The first-order valence-corrected chi connectivity index (χ1v) is 7.37. The fourth-order valence-electron chi connectivity index (χ4n) is 3.59. The van der Waals surface area contributed by atoms with Crippen LogP contribution in [-0.4, -0.2) is 25.3 Å². The lowest BCUT2D eigenvalue weighted by atomic mass is 9.63. The largest absolute Gasteiger partial charge is 0.410 e. The van der Waals surface area contributed by atoms with Crippen molar-refractivity contribution in [3.05, 3.63) is 29.3 Å². The molecule has 116 valence electrons. The van der Waals surface area contributed by atoms with Crippen molar-refractivity contribution in [2.45, 2.75) is 50.7 Å². The molecule has 1 aliphatic rings. The Morgan fingerprint density at radius 2 is 2.05 bits per heavy atom.